The van der Waals surface area contributed by atoms with Gasteiger partial charge in [-0.1, -0.05) is 48.0 Å². The van der Waals surface area contributed by atoms with E-state index in [0.29, 0.717) is 0 Å². The van der Waals surface area contributed by atoms with E-state index in [1.807, 2.05) is 12.1 Å². The van der Waals surface area contributed by atoms with E-state index in [4.69, 9.17) is 11.6 Å². The van der Waals surface area contributed by atoms with Crippen molar-refractivity contribution in [2.45, 2.75) is 18.8 Å². The van der Waals surface area contributed by atoms with Gasteiger partial charge in [0.2, 0.25) is 0 Å². The molecule has 0 aromatic heterocycles. The van der Waals surface area contributed by atoms with Crippen LogP contribution in [0.4, 0.5) is 0 Å². The standard InChI is InChI=1S/C15H13Cl/c16-15-9-7-14(8-10-15)13-5-3-12(4-6-13)11-1-2-11/h3-11H,1-2H2. The largest absolute Gasteiger partial charge is 0.0843 e. The monoisotopic (exact) mass is 228 g/mol. The average Bonchev–Trinajstić information content (AvgIpc) is 3.14. The minimum absolute atomic E-state index is 0.790. The van der Waals surface area contributed by atoms with E-state index in [9.17, 15) is 0 Å². The molecule has 1 heteroatoms. The van der Waals surface area contributed by atoms with E-state index in [1.54, 1.807) is 0 Å². The quantitative estimate of drug-likeness (QED) is 0.687. The van der Waals surface area contributed by atoms with Crippen LogP contribution in [-0.4, -0.2) is 0 Å². The molecule has 0 spiro atoms. The maximum absolute atomic E-state index is 5.87. The Labute approximate surface area is 101 Å². The van der Waals surface area contributed by atoms with Gasteiger partial charge in [0.05, 0.1) is 0 Å². The summed E-state index contributed by atoms with van der Waals surface area (Å²) in [5.74, 6) is 0.833. The van der Waals surface area contributed by atoms with Crippen LogP contribution in [0.5, 0.6) is 0 Å². The summed E-state index contributed by atoms with van der Waals surface area (Å²) < 4.78 is 0. The molecule has 0 radical (unpaired) electrons. The van der Waals surface area contributed by atoms with Gasteiger partial charge in [-0.15, -0.1) is 0 Å². The third-order valence-corrected chi connectivity index (χ3v) is 3.39. The fourth-order valence-electron chi connectivity index (χ4n) is 2.01. The van der Waals surface area contributed by atoms with Gasteiger partial charge in [-0.05, 0) is 47.6 Å². The Kier molecular flexibility index (Phi) is 2.45. The van der Waals surface area contributed by atoms with Crippen molar-refractivity contribution in [3.05, 3.63) is 59.1 Å². The Bertz CT molecular complexity index is 478. The van der Waals surface area contributed by atoms with Gasteiger partial charge < -0.3 is 0 Å². The molecule has 1 fully saturated rings. The van der Waals surface area contributed by atoms with Gasteiger partial charge >= 0.3 is 0 Å². The van der Waals surface area contributed by atoms with Crippen LogP contribution in [0.3, 0.4) is 0 Å². The Morgan fingerprint density at radius 3 is 1.75 bits per heavy atom. The van der Waals surface area contributed by atoms with Crippen LogP contribution in [0.15, 0.2) is 48.5 Å². The first-order valence-corrected chi connectivity index (χ1v) is 6.06. The van der Waals surface area contributed by atoms with Crippen molar-refractivity contribution in [1.29, 1.82) is 0 Å². The van der Waals surface area contributed by atoms with E-state index in [-0.39, 0.29) is 0 Å². The SMILES string of the molecule is Clc1ccc(-c2ccc(C3CC3)cc2)cc1. The van der Waals surface area contributed by atoms with Crippen LogP contribution < -0.4 is 0 Å². The molecule has 1 aliphatic carbocycles. The summed E-state index contributed by atoms with van der Waals surface area (Å²) in [6.45, 7) is 0. The summed E-state index contributed by atoms with van der Waals surface area (Å²) in [6.07, 6.45) is 2.72. The Balaban J connectivity index is 1.91. The lowest BCUT2D eigenvalue weighted by Gasteiger charge is -2.03. The highest BCUT2D eigenvalue weighted by Crippen LogP contribution is 2.40. The van der Waals surface area contributed by atoms with E-state index >= 15 is 0 Å². The number of hydrogen-bond donors (Lipinski definition) is 0. The third kappa shape index (κ3) is 1.98. The Morgan fingerprint density at radius 2 is 1.25 bits per heavy atom. The first-order chi connectivity index (χ1) is 7.83. The molecule has 80 valence electrons. The minimum atomic E-state index is 0.790. The van der Waals surface area contributed by atoms with E-state index in [1.165, 1.54) is 29.5 Å². The summed E-state index contributed by atoms with van der Waals surface area (Å²) in [5, 5.41) is 0.790. The van der Waals surface area contributed by atoms with Crippen molar-refractivity contribution in [3.8, 4) is 11.1 Å². The van der Waals surface area contributed by atoms with E-state index < -0.39 is 0 Å². The van der Waals surface area contributed by atoms with Crippen molar-refractivity contribution < 1.29 is 0 Å². The molecule has 0 unspecified atom stereocenters. The highest BCUT2D eigenvalue weighted by molar-refractivity contribution is 6.30. The van der Waals surface area contributed by atoms with Crippen LogP contribution >= 0.6 is 11.6 Å². The molecule has 16 heavy (non-hydrogen) atoms. The molecule has 2 aromatic rings. The maximum atomic E-state index is 5.87. The van der Waals surface area contributed by atoms with Crippen LogP contribution in [0.1, 0.15) is 24.3 Å². The molecule has 0 N–H and O–H groups in total. The molecule has 1 saturated carbocycles. The predicted octanol–water partition coefficient (Wildman–Crippen LogP) is 4.88. The zero-order chi connectivity index (χ0) is 11.0. The third-order valence-electron chi connectivity index (χ3n) is 3.14. The molecule has 0 aliphatic heterocycles. The summed E-state index contributed by atoms with van der Waals surface area (Å²) in [6, 6.07) is 16.9. The van der Waals surface area contributed by atoms with Crippen molar-refractivity contribution in [3.63, 3.8) is 0 Å². The Hall–Kier alpha value is -1.27. The van der Waals surface area contributed by atoms with E-state index in [0.717, 1.165) is 10.9 Å². The zero-order valence-electron chi connectivity index (χ0n) is 8.99. The zero-order valence-corrected chi connectivity index (χ0v) is 9.74. The molecule has 1 aliphatic rings. The van der Waals surface area contributed by atoms with E-state index in [2.05, 4.69) is 36.4 Å². The van der Waals surface area contributed by atoms with Crippen LogP contribution in [-0.2, 0) is 0 Å². The summed E-state index contributed by atoms with van der Waals surface area (Å²) in [7, 11) is 0. The molecule has 0 bridgehead atoms. The summed E-state index contributed by atoms with van der Waals surface area (Å²) >= 11 is 5.87. The molecule has 0 atom stereocenters. The number of rotatable bonds is 2. The molecule has 3 rings (SSSR count). The maximum Gasteiger partial charge on any atom is 0.0406 e. The molecule has 2 aromatic carbocycles. The highest BCUT2D eigenvalue weighted by Gasteiger charge is 2.22. The van der Waals surface area contributed by atoms with Gasteiger partial charge in [0.1, 0.15) is 0 Å². The van der Waals surface area contributed by atoms with Crippen LogP contribution in [0.2, 0.25) is 5.02 Å². The molecule has 0 nitrogen and oxygen atoms in total. The molecular weight excluding hydrogens is 216 g/mol. The first kappa shape index (κ1) is 9.92. The molecule has 0 saturated heterocycles. The van der Waals surface area contributed by atoms with Crippen molar-refractivity contribution in [1.82, 2.24) is 0 Å². The number of hydrogen-bond acceptors (Lipinski definition) is 0. The van der Waals surface area contributed by atoms with Gasteiger partial charge in [0.25, 0.3) is 0 Å². The lowest BCUT2D eigenvalue weighted by molar-refractivity contribution is 1.13. The molecule has 0 amide bonds. The minimum Gasteiger partial charge on any atom is -0.0843 e. The summed E-state index contributed by atoms with van der Waals surface area (Å²) in [4.78, 5) is 0. The van der Waals surface area contributed by atoms with Gasteiger partial charge in [0.15, 0.2) is 0 Å². The van der Waals surface area contributed by atoms with Gasteiger partial charge in [0, 0.05) is 5.02 Å². The van der Waals surface area contributed by atoms with Gasteiger partial charge in [-0.2, -0.15) is 0 Å². The van der Waals surface area contributed by atoms with Gasteiger partial charge in [-0.3, -0.25) is 0 Å². The van der Waals surface area contributed by atoms with Crippen molar-refractivity contribution >= 4 is 11.6 Å². The number of benzene rings is 2. The highest BCUT2D eigenvalue weighted by atomic mass is 35.5. The van der Waals surface area contributed by atoms with Crippen molar-refractivity contribution in [2.24, 2.45) is 0 Å². The fraction of sp³-hybridized carbons (Fsp3) is 0.200. The van der Waals surface area contributed by atoms with Crippen molar-refractivity contribution in [2.75, 3.05) is 0 Å². The number of halogens is 1. The average molecular weight is 229 g/mol. The smallest absolute Gasteiger partial charge is 0.0406 e. The first-order valence-electron chi connectivity index (χ1n) is 5.69. The predicted molar refractivity (Wildman–Crippen MR) is 68.9 cm³/mol. The topological polar surface area (TPSA) is 0 Å². The van der Waals surface area contributed by atoms with Crippen LogP contribution in [0.25, 0.3) is 11.1 Å². The van der Waals surface area contributed by atoms with Gasteiger partial charge in [-0.25, -0.2) is 0 Å². The second-order valence-electron chi connectivity index (χ2n) is 4.40. The lowest BCUT2D eigenvalue weighted by atomic mass is 10.0. The molecular formula is C15H13Cl. The van der Waals surface area contributed by atoms with Crippen LogP contribution in [0, 0.1) is 0 Å². The summed E-state index contributed by atoms with van der Waals surface area (Å²) in [5.41, 5.74) is 3.98. The molecule has 0 heterocycles. The normalized spacial score (nSPS) is 15.1. The lowest BCUT2D eigenvalue weighted by Crippen LogP contribution is -1.81. The fourth-order valence-corrected chi connectivity index (χ4v) is 2.13. The Morgan fingerprint density at radius 1 is 0.750 bits per heavy atom. The second kappa shape index (κ2) is 3.95. The second-order valence-corrected chi connectivity index (χ2v) is 4.84.